The summed E-state index contributed by atoms with van der Waals surface area (Å²) in [4.78, 5) is 8.45. The molecule has 0 bridgehead atoms. The minimum Gasteiger partial charge on any atom is -0.257 e. The molecule has 0 saturated heterocycles. The van der Waals surface area contributed by atoms with Gasteiger partial charge in [0.15, 0.2) is 0 Å². The minimum absolute atomic E-state index is 0.187. The average molecular weight is 262 g/mol. The van der Waals surface area contributed by atoms with E-state index >= 15 is 0 Å². The highest BCUT2D eigenvalue weighted by atomic mass is 32.2. The summed E-state index contributed by atoms with van der Waals surface area (Å²) >= 11 is 0. The van der Waals surface area contributed by atoms with Gasteiger partial charge in [-0.3, -0.25) is 9.17 Å². The third-order valence-corrected chi connectivity index (χ3v) is 2.56. The first kappa shape index (κ1) is 12.5. The lowest BCUT2D eigenvalue weighted by Crippen LogP contribution is -2.02. The molecule has 0 aliphatic carbocycles. The Morgan fingerprint density at radius 2 is 2.00 bits per heavy atom. The molecule has 5 nitrogen and oxygen atoms in total. The summed E-state index contributed by atoms with van der Waals surface area (Å²) in [5.41, 5.74) is 2.01. The topological polar surface area (TPSA) is 69.2 Å². The van der Waals surface area contributed by atoms with Gasteiger partial charge in [0.05, 0.1) is 23.5 Å². The van der Waals surface area contributed by atoms with Crippen molar-refractivity contribution in [1.82, 2.24) is 9.97 Å². The Labute approximate surface area is 105 Å². The summed E-state index contributed by atoms with van der Waals surface area (Å²) < 4.78 is 25.9. The fourth-order valence-corrected chi connectivity index (χ4v) is 1.55. The Bertz CT molecular complexity index is 730. The van der Waals surface area contributed by atoms with Crippen LogP contribution in [0.1, 0.15) is 5.69 Å². The van der Waals surface area contributed by atoms with Crippen molar-refractivity contribution in [2.75, 3.05) is 12.9 Å². The van der Waals surface area contributed by atoms with E-state index in [0.717, 1.165) is 17.3 Å². The van der Waals surface area contributed by atoms with E-state index in [1.54, 1.807) is 0 Å². The van der Waals surface area contributed by atoms with Crippen LogP contribution in [0.5, 0.6) is 0 Å². The van der Waals surface area contributed by atoms with Crippen molar-refractivity contribution in [1.29, 1.82) is 0 Å². The van der Waals surface area contributed by atoms with Crippen LogP contribution >= 0.6 is 0 Å². The van der Waals surface area contributed by atoms with E-state index in [-0.39, 0.29) is 6.61 Å². The molecule has 0 fully saturated rings. The van der Waals surface area contributed by atoms with Crippen molar-refractivity contribution in [2.24, 2.45) is 0 Å². The highest BCUT2D eigenvalue weighted by Crippen LogP contribution is 2.07. The maximum absolute atomic E-state index is 10.7. The maximum Gasteiger partial charge on any atom is 0.265 e. The van der Waals surface area contributed by atoms with Gasteiger partial charge in [-0.2, -0.15) is 8.42 Å². The number of rotatable bonds is 2. The molecule has 92 valence electrons. The van der Waals surface area contributed by atoms with Gasteiger partial charge in [0.1, 0.15) is 12.3 Å². The van der Waals surface area contributed by atoms with Gasteiger partial charge >= 0.3 is 0 Å². The predicted molar refractivity (Wildman–Crippen MR) is 67.2 cm³/mol. The largest absolute Gasteiger partial charge is 0.265 e. The van der Waals surface area contributed by atoms with Crippen molar-refractivity contribution in [2.45, 2.75) is 0 Å². The van der Waals surface area contributed by atoms with E-state index in [9.17, 15) is 8.42 Å². The molecule has 2 aromatic rings. The Balaban J connectivity index is 2.15. The third-order valence-electron chi connectivity index (χ3n) is 2.01. The van der Waals surface area contributed by atoms with Crippen LogP contribution in [0.25, 0.3) is 11.0 Å². The summed E-state index contributed by atoms with van der Waals surface area (Å²) in [5, 5.41) is 0. The number of fused-ring (bicyclic) bond motifs is 1. The smallest absolute Gasteiger partial charge is 0.257 e. The summed E-state index contributed by atoms with van der Waals surface area (Å²) in [6, 6.07) is 7.43. The molecule has 0 amide bonds. The number of hydrogen-bond acceptors (Lipinski definition) is 5. The minimum atomic E-state index is -3.45. The van der Waals surface area contributed by atoms with Gasteiger partial charge in [0.25, 0.3) is 10.1 Å². The zero-order valence-corrected chi connectivity index (χ0v) is 10.4. The molecule has 0 unspecified atom stereocenters. The Morgan fingerprint density at radius 3 is 2.72 bits per heavy atom. The van der Waals surface area contributed by atoms with E-state index in [4.69, 9.17) is 0 Å². The zero-order valence-electron chi connectivity index (χ0n) is 9.62. The normalized spacial score (nSPS) is 10.9. The Kier molecular flexibility index (Phi) is 3.55. The predicted octanol–water partition coefficient (Wildman–Crippen LogP) is 0.958. The number of para-hydroxylation sites is 2. The van der Waals surface area contributed by atoms with E-state index in [1.807, 2.05) is 24.3 Å². The first-order chi connectivity index (χ1) is 8.54. The number of benzene rings is 1. The lowest BCUT2D eigenvalue weighted by atomic mass is 10.3. The second kappa shape index (κ2) is 5.12. The zero-order chi connectivity index (χ0) is 13.0. The van der Waals surface area contributed by atoms with Crippen LogP contribution in [0, 0.1) is 11.8 Å². The van der Waals surface area contributed by atoms with Crippen molar-refractivity contribution >= 4 is 21.2 Å². The van der Waals surface area contributed by atoms with Gasteiger partial charge in [-0.15, -0.1) is 0 Å². The standard InChI is InChI=1S/C12H10N2O3S/c1-18(15,16)17-8-4-5-10-9-13-11-6-2-3-7-12(11)14-10/h2-3,6-7,9H,8H2,1H3. The molecule has 0 spiro atoms. The van der Waals surface area contributed by atoms with Crippen LogP contribution < -0.4 is 0 Å². The average Bonchev–Trinajstić information content (AvgIpc) is 2.33. The van der Waals surface area contributed by atoms with Gasteiger partial charge in [-0.25, -0.2) is 4.98 Å². The Morgan fingerprint density at radius 1 is 1.28 bits per heavy atom. The van der Waals surface area contributed by atoms with Crippen molar-refractivity contribution in [3.63, 3.8) is 0 Å². The second-order valence-corrected chi connectivity index (χ2v) is 5.16. The van der Waals surface area contributed by atoms with Crippen LogP contribution in [0.4, 0.5) is 0 Å². The number of nitrogens with zero attached hydrogens (tertiary/aromatic N) is 2. The van der Waals surface area contributed by atoms with E-state index in [1.165, 1.54) is 6.20 Å². The summed E-state index contributed by atoms with van der Waals surface area (Å²) in [6.45, 7) is -0.187. The van der Waals surface area contributed by atoms with Gasteiger partial charge < -0.3 is 0 Å². The molecule has 0 aliphatic rings. The van der Waals surface area contributed by atoms with E-state index < -0.39 is 10.1 Å². The van der Waals surface area contributed by atoms with Gasteiger partial charge in [-0.1, -0.05) is 18.1 Å². The SMILES string of the molecule is CS(=O)(=O)OCC#Cc1cnc2ccccc2n1. The summed E-state index contributed by atoms with van der Waals surface area (Å²) in [7, 11) is -3.45. The van der Waals surface area contributed by atoms with Crippen molar-refractivity contribution in [3.05, 3.63) is 36.2 Å². The first-order valence-electron chi connectivity index (χ1n) is 5.10. The van der Waals surface area contributed by atoms with E-state index in [2.05, 4.69) is 26.0 Å². The summed E-state index contributed by atoms with van der Waals surface area (Å²) in [5.74, 6) is 5.27. The molecular formula is C12H10N2O3S. The fraction of sp³-hybridized carbons (Fsp3) is 0.167. The van der Waals surface area contributed by atoms with Crippen molar-refractivity contribution in [3.8, 4) is 11.8 Å². The molecule has 2 rings (SSSR count). The molecule has 0 aliphatic heterocycles. The molecule has 0 atom stereocenters. The highest BCUT2D eigenvalue weighted by Gasteiger charge is 1.98. The highest BCUT2D eigenvalue weighted by molar-refractivity contribution is 7.85. The molecule has 0 N–H and O–H groups in total. The Hall–Kier alpha value is -1.97. The van der Waals surface area contributed by atoms with Crippen LogP contribution in [0.3, 0.4) is 0 Å². The van der Waals surface area contributed by atoms with E-state index in [0.29, 0.717) is 5.69 Å². The van der Waals surface area contributed by atoms with Crippen LogP contribution in [0.2, 0.25) is 0 Å². The second-order valence-electron chi connectivity index (χ2n) is 3.51. The summed E-state index contributed by atoms with van der Waals surface area (Å²) in [6.07, 6.45) is 2.51. The molecule has 6 heteroatoms. The molecule has 0 radical (unpaired) electrons. The number of aromatic nitrogens is 2. The van der Waals surface area contributed by atoms with Gasteiger partial charge in [0, 0.05) is 0 Å². The lowest BCUT2D eigenvalue weighted by molar-refractivity contribution is 0.368. The lowest BCUT2D eigenvalue weighted by Gasteiger charge is -1.95. The monoisotopic (exact) mass is 262 g/mol. The molecule has 1 aromatic heterocycles. The van der Waals surface area contributed by atoms with Crippen LogP contribution in [0.15, 0.2) is 30.5 Å². The molecule has 18 heavy (non-hydrogen) atoms. The van der Waals surface area contributed by atoms with Crippen molar-refractivity contribution < 1.29 is 12.6 Å². The first-order valence-corrected chi connectivity index (χ1v) is 6.91. The maximum atomic E-state index is 10.7. The molecule has 1 aromatic carbocycles. The molecule has 1 heterocycles. The van der Waals surface area contributed by atoms with Crippen LogP contribution in [-0.2, 0) is 14.3 Å². The molecule has 0 saturated carbocycles. The van der Waals surface area contributed by atoms with Gasteiger partial charge in [0.2, 0.25) is 0 Å². The third kappa shape index (κ3) is 3.52. The van der Waals surface area contributed by atoms with Crippen LogP contribution in [-0.4, -0.2) is 31.2 Å². The van der Waals surface area contributed by atoms with Gasteiger partial charge in [-0.05, 0) is 18.1 Å². The number of hydrogen-bond donors (Lipinski definition) is 0. The molecular weight excluding hydrogens is 252 g/mol. The fourth-order valence-electron chi connectivity index (χ4n) is 1.28. The quantitative estimate of drug-likeness (QED) is 0.595.